The van der Waals surface area contributed by atoms with E-state index in [1.54, 1.807) is 18.2 Å². The molecule has 0 aliphatic rings. The molecule has 106 valence electrons. The van der Waals surface area contributed by atoms with Gasteiger partial charge in [-0.05, 0) is 35.9 Å². The Morgan fingerprint density at radius 2 is 1.67 bits per heavy atom. The van der Waals surface area contributed by atoms with Crippen LogP contribution in [0.1, 0.15) is 15.9 Å². The average Bonchev–Trinajstić information content (AvgIpc) is 2.52. The maximum absolute atomic E-state index is 11.7. The molecule has 4 nitrogen and oxygen atoms in total. The molecule has 0 aromatic heterocycles. The van der Waals surface area contributed by atoms with Gasteiger partial charge in [-0.1, -0.05) is 41.9 Å². The molecule has 2 aromatic carbocycles. The van der Waals surface area contributed by atoms with Gasteiger partial charge in [-0.15, -0.1) is 0 Å². The first kappa shape index (κ1) is 14.8. The average molecular weight is 302 g/mol. The van der Waals surface area contributed by atoms with Gasteiger partial charge < -0.3 is 4.84 Å². The van der Waals surface area contributed by atoms with Crippen molar-refractivity contribution in [3.05, 3.63) is 76.8 Å². The lowest BCUT2D eigenvalue weighted by Gasteiger charge is -2.03. The highest BCUT2D eigenvalue weighted by Gasteiger charge is 2.07. The number of carbonyl (C=O) groups excluding carboxylic acids is 2. The quantitative estimate of drug-likeness (QED) is 0.699. The van der Waals surface area contributed by atoms with E-state index in [2.05, 4.69) is 10.3 Å². The van der Waals surface area contributed by atoms with Crippen LogP contribution < -0.4 is 5.48 Å². The Balaban J connectivity index is 1.85. The lowest BCUT2D eigenvalue weighted by Crippen LogP contribution is -2.26. The van der Waals surface area contributed by atoms with Gasteiger partial charge in [0.25, 0.3) is 5.91 Å². The van der Waals surface area contributed by atoms with Gasteiger partial charge in [-0.25, -0.2) is 4.79 Å². The number of nitrogens with one attached hydrogen (secondary N) is 1. The maximum Gasteiger partial charge on any atom is 0.355 e. The number of hydrogen-bond donors (Lipinski definition) is 1. The van der Waals surface area contributed by atoms with Crippen molar-refractivity contribution < 1.29 is 14.4 Å². The standard InChI is InChI=1S/C16H12ClNO3/c17-14-9-7-13(8-10-14)16(20)18-21-15(19)11-6-12-4-2-1-3-5-12/h1-11H,(H,18,20). The summed E-state index contributed by atoms with van der Waals surface area (Å²) in [6, 6.07) is 15.5. The summed E-state index contributed by atoms with van der Waals surface area (Å²) >= 11 is 5.72. The van der Waals surface area contributed by atoms with Crippen molar-refractivity contribution in [3.63, 3.8) is 0 Å². The summed E-state index contributed by atoms with van der Waals surface area (Å²) in [6.07, 6.45) is 2.83. The topological polar surface area (TPSA) is 55.4 Å². The lowest BCUT2D eigenvalue weighted by atomic mass is 10.2. The number of halogens is 1. The minimum absolute atomic E-state index is 0.347. The summed E-state index contributed by atoms with van der Waals surface area (Å²) < 4.78 is 0. The molecule has 0 bridgehead atoms. The van der Waals surface area contributed by atoms with Gasteiger partial charge in [0.15, 0.2) is 0 Å². The first-order valence-corrected chi connectivity index (χ1v) is 6.53. The Labute approximate surface area is 127 Å². The molecule has 1 amide bonds. The van der Waals surface area contributed by atoms with E-state index in [9.17, 15) is 9.59 Å². The lowest BCUT2D eigenvalue weighted by molar-refractivity contribution is -0.142. The second-order valence-corrected chi connectivity index (χ2v) is 4.54. The summed E-state index contributed by atoms with van der Waals surface area (Å²) in [5.74, 6) is -1.19. The van der Waals surface area contributed by atoms with Crippen LogP contribution in [0.15, 0.2) is 60.7 Å². The van der Waals surface area contributed by atoms with Crippen LogP contribution in [-0.2, 0) is 9.63 Å². The normalized spacial score (nSPS) is 10.3. The van der Waals surface area contributed by atoms with Crippen LogP contribution in [0.2, 0.25) is 5.02 Å². The van der Waals surface area contributed by atoms with Gasteiger partial charge in [-0.3, -0.25) is 4.79 Å². The van der Waals surface area contributed by atoms with Crippen LogP contribution in [-0.4, -0.2) is 11.9 Å². The monoisotopic (exact) mass is 301 g/mol. The maximum atomic E-state index is 11.7. The van der Waals surface area contributed by atoms with Crippen molar-refractivity contribution in [2.24, 2.45) is 0 Å². The van der Waals surface area contributed by atoms with Gasteiger partial charge in [0.05, 0.1) is 0 Å². The zero-order valence-corrected chi connectivity index (χ0v) is 11.7. The van der Waals surface area contributed by atoms with Gasteiger partial charge in [0.1, 0.15) is 0 Å². The molecule has 0 aliphatic carbocycles. The summed E-state index contributed by atoms with van der Waals surface area (Å²) in [4.78, 5) is 27.8. The summed E-state index contributed by atoms with van der Waals surface area (Å²) in [7, 11) is 0. The molecular weight excluding hydrogens is 290 g/mol. The molecule has 0 spiro atoms. The summed E-state index contributed by atoms with van der Waals surface area (Å²) in [6.45, 7) is 0. The smallest absolute Gasteiger partial charge is 0.336 e. The van der Waals surface area contributed by atoms with E-state index in [-0.39, 0.29) is 0 Å². The van der Waals surface area contributed by atoms with Crippen molar-refractivity contribution in [1.82, 2.24) is 5.48 Å². The molecule has 21 heavy (non-hydrogen) atoms. The van der Waals surface area contributed by atoms with Crippen molar-refractivity contribution in [1.29, 1.82) is 0 Å². The van der Waals surface area contributed by atoms with E-state index in [4.69, 9.17) is 11.6 Å². The molecule has 0 radical (unpaired) electrons. The highest BCUT2D eigenvalue weighted by molar-refractivity contribution is 6.30. The largest absolute Gasteiger partial charge is 0.355 e. The Morgan fingerprint density at radius 3 is 2.33 bits per heavy atom. The van der Waals surface area contributed by atoms with E-state index in [1.165, 1.54) is 18.2 Å². The molecular formula is C16H12ClNO3. The third-order valence-electron chi connectivity index (χ3n) is 2.56. The fraction of sp³-hybridized carbons (Fsp3) is 0. The number of benzene rings is 2. The van der Waals surface area contributed by atoms with Crippen LogP contribution in [0.3, 0.4) is 0 Å². The molecule has 0 heterocycles. The van der Waals surface area contributed by atoms with E-state index < -0.39 is 11.9 Å². The Hall–Kier alpha value is -2.59. The van der Waals surface area contributed by atoms with Gasteiger partial charge in [-0.2, -0.15) is 5.48 Å². The summed E-state index contributed by atoms with van der Waals surface area (Å²) in [5, 5.41) is 0.523. The van der Waals surface area contributed by atoms with Crippen molar-refractivity contribution >= 4 is 29.6 Å². The van der Waals surface area contributed by atoms with E-state index in [1.807, 2.05) is 30.3 Å². The predicted molar refractivity (Wildman–Crippen MR) is 80.5 cm³/mol. The van der Waals surface area contributed by atoms with E-state index in [0.29, 0.717) is 10.6 Å². The van der Waals surface area contributed by atoms with Crippen LogP contribution in [0, 0.1) is 0 Å². The first-order chi connectivity index (χ1) is 10.1. The minimum Gasteiger partial charge on any atom is -0.336 e. The molecule has 1 N–H and O–H groups in total. The first-order valence-electron chi connectivity index (χ1n) is 6.15. The second kappa shape index (κ2) is 7.26. The Bertz CT molecular complexity index is 651. The molecule has 0 fully saturated rings. The van der Waals surface area contributed by atoms with Crippen molar-refractivity contribution in [2.75, 3.05) is 0 Å². The highest BCUT2D eigenvalue weighted by atomic mass is 35.5. The van der Waals surface area contributed by atoms with Gasteiger partial charge >= 0.3 is 5.97 Å². The number of rotatable bonds is 3. The van der Waals surface area contributed by atoms with E-state index in [0.717, 1.165) is 5.56 Å². The molecule has 0 aliphatic heterocycles. The van der Waals surface area contributed by atoms with Crippen LogP contribution in [0.5, 0.6) is 0 Å². The van der Waals surface area contributed by atoms with Crippen LogP contribution >= 0.6 is 11.6 Å². The number of amides is 1. The highest BCUT2D eigenvalue weighted by Crippen LogP contribution is 2.09. The fourth-order valence-electron chi connectivity index (χ4n) is 1.52. The molecule has 0 unspecified atom stereocenters. The molecule has 0 saturated carbocycles. The second-order valence-electron chi connectivity index (χ2n) is 4.10. The summed E-state index contributed by atoms with van der Waals surface area (Å²) in [5.41, 5.74) is 3.28. The fourth-order valence-corrected chi connectivity index (χ4v) is 1.65. The number of carbonyl (C=O) groups is 2. The Morgan fingerprint density at radius 1 is 1.00 bits per heavy atom. The van der Waals surface area contributed by atoms with Crippen molar-refractivity contribution in [2.45, 2.75) is 0 Å². The minimum atomic E-state index is -0.666. The van der Waals surface area contributed by atoms with Gasteiger partial charge in [0.2, 0.25) is 0 Å². The van der Waals surface area contributed by atoms with Crippen LogP contribution in [0.25, 0.3) is 6.08 Å². The zero-order valence-electron chi connectivity index (χ0n) is 11.0. The zero-order chi connectivity index (χ0) is 15.1. The SMILES string of the molecule is O=C(C=Cc1ccccc1)ONC(=O)c1ccc(Cl)cc1. The molecule has 5 heteroatoms. The van der Waals surface area contributed by atoms with E-state index >= 15 is 0 Å². The predicted octanol–water partition coefficient (Wildman–Crippen LogP) is 3.24. The van der Waals surface area contributed by atoms with Crippen molar-refractivity contribution in [3.8, 4) is 0 Å². The molecule has 0 atom stereocenters. The molecule has 0 saturated heterocycles. The Kier molecular flexibility index (Phi) is 5.12. The number of hydrogen-bond acceptors (Lipinski definition) is 3. The van der Waals surface area contributed by atoms with Gasteiger partial charge in [0, 0.05) is 16.7 Å². The third-order valence-corrected chi connectivity index (χ3v) is 2.81. The number of hydroxylamine groups is 1. The third kappa shape index (κ3) is 4.78. The molecule has 2 aromatic rings. The van der Waals surface area contributed by atoms with Crippen LogP contribution in [0.4, 0.5) is 0 Å². The molecule has 2 rings (SSSR count).